The van der Waals surface area contributed by atoms with E-state index in [4.69, 9.17) is 4.74 Å². The standard InChI is InChI=1S/C26H30N2O5/c1-16(24(29)27-14-17-8-2-3-9-18(17)25(30)31)28-26(32)33-15-23-21-12-6-4-10-19(21)20-11-5-7-13-22(20)23/h4-7,10-13,16-18,23H,2-3,8-9,14-15H2,1H3,(H,27,29)(H,28,32)(H,30,31)/t16-,17+,18+/m0/s1. The third-order valence-electron chi connectivity index (χ3n) is 6.84. The molecule has 7 nitrogen and oxygen atoms in total. The number of amides is 2. The van der Waals surface area contributed by atoms with Crippen LogP contribution in [0, 0.1) is 11.8 Å². The molecule has 0 bridgehead atoms. The fraction of sp³-hybridized carbons (Fsp3) is 0.423. The summed E-state index contributed by atoms with van der Waals surface area (Å²) in [5, 5.41) is 14.8. The van der Waals surface area contributed by atoms with Gasteiger partial charge in [-0.25, -0.2) is 4.79 Å². The molecule has 0 unspecified atom stereocenters. The van der Waals surface area contributed by atoms with Crippen molar-refractivity contribution in [3.63, 3.8) is 0 Å². The van der Waals surface area contributed by atoms with Crippen LogP contribution in [0.4, 0.5) is 4.79 Å². The predicted molar refractivity (Wildman–Crippen MR) is 124 cm³/mol. The third-order valence-corrected chi connectivity index (χ3v) is 6.84. The van der Waals surface area contributed by atoms with Crippen LogP contribution >= 0.6 is 0 Å². The van der Waals surface area contributed by atoms with Gasteiger partial charge in [-0.1, -0.05) is 61.4 Å². The van der Waals surface area contributed by atoms with E-state index < -0.39 is 24.0 Å². The Bertz CT molecular complexity index is 991. The molecule has 2 aliphatic carbocycles. The van der Waals surface area contributed by atoms with Gasteiger partial charge in [-0.3, -0.25) is 9.59 Å². The molecule has 2 amide bonds. The molecule has 1 saturated carbocycles. The summed E-state index contributed by atoms with van der Waals surface area (Å²) in [6.45, 7) is 2.06. The van der Waals surface area contributed by atoms with E-state index in [1.54, 1.807) is 6.92 Å². The van der Waals surface area contributed by atoms with Crippen LogP contribution in [0.2, 0.25) is 0 Å². The second kappa shape index (κ2) is 10.1. The van der Waals surface area contributed by atoms with Crippen LogP contribution in [0.3, 0.4) is 0 Å². The minimum atomic E-state index is -0.807. The minimum Gasteiger partial charge on any atom is -0.481 e. The highest BCUT2D eigenvalue weighted by Crippen LogP contribution is 2.44. The van der Waals surface area contributed by atoms with E-state index in [-0.39, 0.29) is 24.3 Å². The summed E-state index contributed by atoms with van der Waals surface area (Å²) in [5.41, 5.74) is 4.55. The van der Waals surface area contributed by atoms with Crippen molar-refractivity contribution in [2.75, 3.05) is 13.2 Å². The van der Waals surface area contributed by atoms with Crippen molar-refractivity contribution >= 4 is 18.0 Å². The molecule has 0 aliphatic heterocycles. The quantitative estimate of drug-likeness (QED) is 0.593. The summed E-state index contributed by atoms with van der Waals surface area (Å²) in [7, 11) is 0. The highest BCUT2D eigenvalue weighted by molar-refractivity contribution is 5.85. The normalized spacial score (nSPS) is 20.3. The van der Waals surface area contributed by atoms with Gasteiger partial charge in [0.15, 0.2) is 0 Å². The topological polar surface area (TPSA) is 105 Å². The Morgan fingerprint density at radius 2 is 1.61 bits per heavy atom. The highest BCUT2D eigenvalue weighted by atomic mass is 16.5. The molecule has 0 radical (unpaired) electrons. The van der Waals surface area contributed by atoms with E-state index in [0.717, 1.165) is 41.5 Å². The highest BCUT2D eigenvalue weighted by Gasteiger charge is 2.32. The Morgan fingerprint density at radius 1 is 1.00 bits per heavy atom. The predicted octanol–water partition coefficient (Wildman–Crippen LogP) is 3.92. The molecule has 2 aliphatic rings. The number of alkyl carbamates (subject to hydrolysis) is 1. The number of rotatable bonds is 7. The van der Waals surface area contributed by atoms with Gasteiger partial charge >= 0.3 is 12.1 Å². The second-order valence-corrected chi connectivity index (χ2v) is 8.93. The number of hydrogen-bond donors (Lipinski definition) is 3. The van der Waals surface area contributed by atoms with Crippen molar-refractivity contribution in [3.05, 3.63) is 59.7 Å². The smallest absolute Gasteiger partial charge is 0.407 e. The number of benzene rings is 2. The Kier molecular flexibility index (Phi) is 6.96. The first-order valence-corrected chi connectivity index (χ1v) is 11.6. The van der Waals surface area contributed by atoms with Gasteiger partial charge in [0.2, 0.25) is 5.91 Å². The van der Waals surface area contributed by atoms with E-state index in [9.17, 15) is 19.5 Å². The molecule has 2 aromatic carbocycles. The molecule has 0 spiro atoms. The Balaban J connectivity index is 1.28. The molecule has 33 heavy (non-hydrogen) atoms. The van der Waals surface area contributed by atoms with Gasteiger partial charge in [0, 0.05) is 12.5 Å². The number of aliphatic carboxylic acids is 1. The first-order valence-electron chi connectivity index (χ1n) is 11.6. The van der Waals surface area contributed by atoms with Crippen molar-refractivity contribution in [2.45, 2.75) is 44.6 Å². The molecule has 174 valence electrons. The van der Waals surface area contributed by atoms with Crippen molar-refractivity contribution in [2.24, 2.45) is 11.8 Å². The third kappa shape index (κ3) is 5.02. The largest absolute Gasteiger partial charge is 0.481 e. The molecule has 1 fully saturated rings. The first-order chi connectivity index (χ1) is 16.0. The molecule has 2 aromatic rings. The van der Waals surface area contributed by atoms with Gasteiger partial charge in [-0.05, 0) is 47.9 Å². The Hall–Kier alpha value is -3.35. The molecule has 0 aromatic heterocycles. The van der Waals surface area contributed by atoms with Crippen LogP contribution in [-0.4, -0.2) is 42.3 Å². The molecule has 3 atom stereocenters. The van der Waals surface area contributed by atoms with Crippen molar-refractivity contribution in [1.29, 1.82) is 0 Å². The van der Waals surface area contributed by atoms with Gasteiger partial charge in [0.25, 0.3) is 0 Å². The molecule has 4 rings (SSSR count). The molecule has 3 N–H and O–H groups in total. The van der Waals surface area contributed by atoms with Crippen LogP contribution in [0.5, 0.6) is 0 Å². The number of ether oxygens (including phenoxy) is 1. The van der Waals surface area contributed by atoms with Crippen molar-refractivity contribution < 1.29 is 24.2 Å². The Labute approximate surface area is 193 Å². The minimum absolute atomic E-state index is 0.0495. The Morgan fingerprint density at radius 3 is 2.24 bits per heavy atom. The molecule has 0 saturated heterocycles. The van der Waals surface area contributed by atoms with Gasteiger partial charge in [-0.2, -0.15) is 0 Å². The SMILES string of the molecule is C[C@H](NC(=O)OCC1c2ccccc2-c2ccccc21)C(=O)NC[C@H]1CCCC[C@H]1C(=O)O. The van der Waals surface area contributed by atoms with Crippen molar-refractivity contribution in [1.82, 2.24) is 10.6 Å². The summed E-state index contributed by atoms with van der Waals surface area (Å²) in [4.78, 5) is 36.3. The summed E-state index contributed by atoms with van der Waals surface area (Å²) < 4.78 is 5.50. The lowest BCUT2D eigenvalue weighted by atomic mass is 9.79. The van der Waals surface area contributed by atoms with Crippen molar-refractivity contribution in [3.8, 4) is 11.1 Å². The van der Waals surface area contributed by atoms with Crippen LogP contribution in [0.15, 0.2) is 48.5 Å². The lowest BCUT2D eigenvalue weighted by Crippen LogP contribution is -2.47. The summed E-state index contributed by atoms with van der Waals surface area (Å²) in [6.07, 6.45) is 2.65. The van der Waals surface area contributed by atoms with Gasteiger partial charge < -0.3 is 20.5 Å². The maximum absolute atomic E-state index is 12.5. The van der Waals surface area contributed by atoms with Crippen LogP contribution in [-0.2, 0) is 14.3 Å². The van der Waals surface area contributed by atoms with E-state index in [0.29, 0.717) is 13.0 Å². The van der Waals surface area contributed by atoms with E-state index >= 15 is 0 Å². The summed E-state index contributed by atoms with van der Waals surface area (Å²) in [5.74, 6) is -1.71. The lowest BCUT2D eigenvalue weighted by molar-refractivity contribution is -0.145. The number of nitrogens with one attached hydrogen (secondary N) is 2. The molecular weight excluding hydrogens is 420 g/mol. The zero-order chi connectivity index (χ0) is 23.4. The van der Waals surface area contributed by atoms with Crippen LogP contribution < -0.4 is 10.6 Å². The number of hydrogen-bond acceptors (Lipinski definition) is 4. The zero-order valence-electron chi connectivity index (χ0n) is 18.8. The maximum atomic E-state index is 12.5. The average molecular weight is 451 g/mol. The van der Waals surface area contributed by atoms with Gasteiger partial charge in [-0.15, -0.1) is 0 Å². The monoisotopic (exact) mass is 450 g/mol. The zero-order valence-corrected chi connectivity index (χ0v) is 18.8. The molecular formula is C26H30N2O5. The number of carbonyl (C=O) groups is 3. The number of carboxylic acid groups (broad SMARTS) is 1. The second-order valence-electron chi connectivity index (χ2n) is 8.93. The van der Waals surface area contributed by atoms with E-state index in [1.165, 1.54) is 0 Å². The lowest BCUT2D eigenvalue weighted by Gasteiger charge is -2.29. The molecule has 0 heterocycles. The first kappa shape index (κ1) is 22.8. The van der Waals surface area contributed by atoms with Gasteiger partial charge in [0.1, 0.15) is 12.6 Å². The fourth-order valence-electron chi connectivity index (χ4n) is 5.04. The maximum Gasteiger partial charge on any atom is 0.407 e. The fourth-order valence-corrected chi connectivity index (χ4v) is 5.04. The van der Waals surface area contributed by atoms with Crippen LogP contribution in [0.25, 0.3) is 11.1 Å². The number of fused-ring (bicyclic) bond motifs is 3. The number of carbonyl (C=O) groups excluding carboxylic acids is 2. The average Bonchev–Trinajstić information content (AvgIpc) is 3.15. The van der Waals surface area contributed by atoms with Gasteiger partial charge in [0.05, 0.1) is 5.92 Å². The van der Waals surface area contributed by atoms with E-state index in [1.807, 2.05) is 36.4 Å². The summed E-state index contributed by atoms with van der Waals surface area (Å²) >= 11 is 0. The number of carboxylic acids is 1. The van der Waals surface area contributed by atoms with Crippen LogP contribution in [0.1, 0.15) is 49.7 Å². The molecule has 7 heteroatoms. The summed E-state index contributed by atoms with van der Waals surface area (Å²) in [6, 6.07) is 15.4. The van der Waals surface area contributed by atoms with E-state index in [2.05, 4.69) is 22.8 Å².